The fourth-order valence-corrected chi connectivity index (χ4v) is 3.13. The molecule has 0 bridgehead atoms. The van der Waals surface area contributed by atoms with E-state index in [1.165, 1.54) is 4.68 Å². The molecule has 152 valence electrons. The molecule has 0 saturated heterocycles. The van der Waals surface area contributed by atoms with Crippen LogP contribution in [-0.4, -0.2) is 21.6 Å². The molecule has 0 aliphatic heterocycles. The number of nitrogen functional groups attached to an aromatic ring is 1. The van der Waals surface area contributed by atoms with Gasteiger partial charge in [0.2, 0.25) is 0 Å². The van der Waals surface area contributed by atoms with Gasteiger partial charge in [0, 0.05) is 17.7 Å². The number of aryl methyl sites for hydroxylation is 2. The molecule has 5 N–H and O–H groups in total. The third-order valence-corrected chi connectivity index (χ3v) is 4.74. The molecule has 8 nitrogen and oxygen atoms in total. The molecule has 0 fully saturated rings. The summed E-state index contributed by atoms with van der Waals surface area (Å²) in [6.45, 7) is 2.52. The summed E-state index contributed by atoms with van der Waals surface area (Å²) in [6, 6.07) is 16.7. The number of rotatable bonds is 7. The van der Waals surface area contributed by atoms with Gasteiger partial charge in [-0.05, 0) is 24.1 Å². The van der Waals surface area contributed by atoms with E-state index >= 15 is 0 Å². The second kappa shape index (κ2) is 8.92. The van der Waals surface area contributed by atoms with Crippen molar-refractivity contribution >= 4 is 17.6 Å². The maximum absolute atomic E-state index is 12.4. The normalized spacial score (nSPS) is 10.4. The lowest BCUT2D eigenvalue weighted by Gasteiger charge is -2.08. The van der Waals surface area contributed by atoms with E-state index in [2.05, 4.69) is 10.4 Å². The second-order valence-electron chi connectivity index (χ2n) is 6.80. The summed E-state index contributed by atoms with van der Waals surface area (Å²) in [5.74, 6) is -0.681. The fourth-order valence-electron chi connectivity index (χ4n) is 3.13. The number of aromatic nitrogens is 2. The minimum Gasteiger partial charge on any atom is -0.383 e. The summed E-state index contributed by atoms with van der Waals surface area (Å²) in [5.41, 5.74) is 15.1. The van der Waals surface area contributed by atoms with Gasteiger partial charge in [-0.1, -0.05) is 42.5 Å². The lowest BCUT2D eigenvalue weighted by molar-refractivity contribution is 0.0949. The Hall–Kier alpha value is -4.12. The highest BCUT2D eigenvalue weighted by atomic mass is 16.2. The molecule has 2 aromatic carbocycles. The summed E-state index contributed by atoms with van der Waals surface area (Å²) in [7, 11) is 0. The number of nitrogens with one attached hydrogen (secondary N) is 1. The number of nitrogens with two attached hydrogens (primary N) is 2. The van der Waals surface area contributed by atoms with Crippen molar-refractivity contribution in [1.29, 1.82) is 5.26 Å². The zero-order chi connectivity index (χ0) is 21.7. The molecule has 1 aromatic heterocycles. The maximum atomic E-state index is 12.4. The largest absolute Gasteiger partial charge is 0.383 e. The van der Waals surface area contributed by atoms with Gasteiger partial charge in [-0.25, -0.2) is 4.68 Å². The quantitative estimate of drug-likeness (QED) is 0.556. The summed E-state index contributed by atoms with van der Waals surface area (Å²) < 4.78 is 1.41. The standard InChI is InChI=1S/C22H22N6O2/c1-14-5-2-3-6-17(14)22(30)26-13-15-7-9-16(10-8-15)19-18(21(25)29)20(24)28(27-19)12-4-11-23/h2-3,5-10H,4,12-13,24H2,1H3,(H2,25,29)(H,26,30). The highest BCUT2D eigenvalue weighted by Gasteiger charge is 2.21. The molecule has 2 amide bonds. The number of anilines is 1. The number of hydrogen-bond donors (Lipinski definition) is 3. The molecule has 0 saturated carbocycles. The molecule has 0 aliphatic carbocycles. The van der Waals surface area contributed by atoms with Crippen LogP contribution in [0.4, 0.5) is 5.82 Å². The van der Waals surface area contributed by atoms with Crippen LogP contribution in [0.3, 0.4) is 0 Å². The first-order chi connectivity index (χ1) is 14.4. The predicted molar refractivity (Wildman–Crippen MR) is 113 cm³/mol. The second-order valence-corrected chi connectivity index (χ2v) is 6.80. The van der Waals surface area contributed by atoms with Crippen LogP contribution in [0.15, 0.2) is 48.5 Å². The van der Waals surface area contributed by atoms with Gasteiger partial charge in [0.25, 0.3) is 11.8 Å². The third-order valence-electron chi connectivity index (χ3n) is 4.74. The van der Waals surface area contributed by atoms with Crippen molar-refractivity contribution in [3.05, 3.63) is 70.8 Å². The lowest BCUT2D eigenvalue weighted by atomic mass is 10.0. The van der Waals surface area contributed by atoms with E-state index in [-0.39, 0.29) is 30.3 Å². The Kier molecular flexibility index (Phi) is 6.13. The van der Waals surface area contributed by atoms with E-state index < -0.39 is 5.91 Å². The summed E-state index contributed by atoms with van der Waals surface area (Å²) in [6.07, 6.45) is 0.211. The molecule has 8 heteroatoms. The van der Waals surface area contributed by atoms with Gasteiger partial charge in [-0.15, -0.1) is 0 Å². The average molecular weight is 402 g/mol. The van der Waals surface area contributed by atoms with E-state index in [0.29, 0.717) is 23.4 Å². The van der Waals surface area contributed by atoms with Crippen LogP contribution in [0.25, 0.3) is 11.3 Å². The van der Waals surface area contributed by atoms with Gasteiger partial charge >= 0.3 is 0 Å². The van der Waals surface area contributed by atoms with E-state index in [9.17, 15) is 9.59 Å². The SMILES string of the molecule is Cc1ccccc1C(=O)NCc1ccc(-c2nn(CCC#N)c(N)c2C(N)=O)cc1. The molecular formula is C22H22N6O2. The Labute approximate surface area is 174 Å². The lowest BCUT2D eigenvalue weighted by Crippen LogP contribution is -2.23. The van der Waals surface area contributed by atoms with Gasteiger partial charge in [0.15, 0.2) is 0 Å². The van der Waals surface area contributed by atoms with Gasteiger partial charge in [0.05, 0.1) is 19.0 Å². The maximum Gasteiger partial charge on any atom is 0.254 e. The van der Waals surface area contributed by atoms with E-state index in [1.54, 1.807) is 18.2 Å². The zero-order valence-corrected chi connectivity index (χ0v) is 16.6. The van der Waals surface area contributed by atoms with Gasteiger partial charge in [-0.3, -0.25) is 9.59 Å². The van der Waals surface area contributed by atoms with Crippen LogP contribution in [0.1, 0.15) is 38.3 Å². The summed E-state index contributed by atoms with van der Waals surface area (Å²) in [4.78, 5) is 24.2. The van der Waals surface area contributed by atoms with Crippen LogP contribution >= 0.6 is 0 Å². The van der Waals surface area contributed by atoms with Crippen LogP contribution in [0.2, 0.25) is 0 Å². The predicted octanol–water partition coefficient (Wildman–Crippen LogP) is 2.38. The number of amides is 2. The number of carbonyl (C=O) groups is 2. The molecule has 3 aromatic rings. The van der Waals surface area contributed by atoms with Crippen molar-refractivity contribution < 1.29 is 9.59 Å². The van der Waals surface area contributed by atoms with Crippen LogP contribution in [-0.2, 0) is 13.1 Å². The first kappa shape index (κ1) is 20.6. The zero-order valence-electron chi connectivity index (χ0n) is 16.6. The smallest absolute Gasteiger partial charge is 0.254 e. The van der Waals surface area contributed by atoms with Crippen LogP contribution < -0.4 is 16.8 Å². The number of benzene rings is 2. The molecule has 30 heavy (non-hydrogen) atoms. The van der Waals surface area contributed by atoms with E-state index in [0.717, 1.165) is 11.1 Å². The molecule has 0 atom stereocenters. The molecule has 0 spiro atoms. The fraction of sp³-hybridized carbons (Fsp3) is 0.182. The Morgan fingerprint density at radius 2 is 1.87 bits per heavy atom. The molecule has 0 aliphatic rings. The molecule has 0 unspecified atom stereocenters. The Morgan fingerprint density at radius 1 is 1.17 bits per heavy atom. The highest BCUT2D eigenvalue weighted by molar-refractivity contribution is 6.03. The molecule has 1 heterocycles. The summed E-state index contributed by atoms with van der Waals surface area (Å²) >= 11 is 0. The number of carbonyl (C=O) groups excluding carboxylic acids is 2. The Morgan fingerprint density at radius 3 is 2.50 bits per heavy atom. The molecule has 0 radical (unpaired) electrons. The van der Waals surface area contributed by atoms with Crippen LogP contribution in [0, 0.1) is 18.3 Å². The minimum atomic E-state index is -0.680. The Balaban J connectivity index is 1.77. The highest BCUT2D eigenvalue weighted by Crippen LogP contribution is 2.27. The van der Waals surface area contributed by atoms with Crippen molar-refractivity contribution in [1.82, 2.24) is 15.1 Å². The summed E-state index contributed by atoms with van der Waals surface area (Å²) in [5, 5.41) is 16.0. The van der Waals surface area contributed by atoms with Crippen molar-refractivity contribution in [3.8, 4) is 17.3 Å². The van der Waals surface area contributed by atoms with Gasteiger partial charge in [-0.2, -0.15) is 10.4 Å². The number of primary amides is 1. The van der Waals surface area contributed by atoms with E-state index in [4.69, 9.17) is 16.7 Å². The number of hydrogen-bond acceptors (Lipinski definition) is 5. The minimum absolute atomic E-state index is 0.133. The van der Waals surface area contributed by atoms with Crippen molar-refractivity contribution in [2.75, 3.05) is 5.73 Å². The first-order valence-electron chi connectivity index (χ1n) is 9.38. The molecule has 3 rings (SSSR count). The molecular weight excluding hydrogens is 380 g/mol. The topological polar surface area (TPSA) is 140 Å². The van der Waals surface area contributed by atoms with Gasteiger partial charge in [0.1, 0.15) is 17.1 Å². The number of nitriles is 1. The third kappa shape index (κ3) is 4.31. The average Bonchev–Trinajstić information content (AvgIpc) is 3.07. The van der Waals surface area contributed by atoms with Gasteiger partial charge < -0.3 is 16.8 Å². The van der Waals surface area contributed by atoms with Crippen LogP contribution in [0.5, 0.6) is 0 Å². The van der Waals surface area contributed by atoms with Crippen molar-refractivity contribution in [2.45, 2.75) is 26.4 Å². The Bertz CT molecular complexity index is 1130. The van der Waals surface area contributed by atoms with Crippen molar-refractivity contribution in [3.63, 3.8) is 0 Å². The van der Waals surface area contributed by atoms with Crippen molar-refractivity contribution in [2.24, 2.45) is 5.73 Å². The van der Waals surface area contributed by atoms with E-state index in [1.807, 2.05) is 43.3 Å². The first-order valence-corrected chi connectivity index (χ1v) is 9.38. The number of nitrogens with zero attached hydrogens (tertiary/aromatic N) is 3. The monoisotopic (exact) mass is 402 g/mol.